The molecule has 4 rings (SSSR count). The van der Waals surface area contributed by atoms with Crippen molar-refractivity contribution in [3.05, 3.63) is 106 Å². The number of carboxylic acids is 2. The van der Waals surface area contributed by atoms with Gasteiger partial charge in [-0.3, -0.25) is 9.59 Å². The minimum atomic E-state index is -0.943. The minimum Gasteiger partial charge on any atom is -0.488 e. The first-order valence-electron chi connectivity index (χ1n) is 13.8. The van der Waals surface area contributed by atoms with Gasteiger partial charge in [0.15, 0.2) is 5.56 Å². The van der Waals surface area contributed by atoms with E-state index in [0.29, 0.717) is 29.4 Å². The van der Waals surface area contributed by atoms with Gasteiger partial charge in [0.1, 0.15) is 24.7 Å². The number of ether oxygens (including phenoxy) is 2. The molecule has 0 aliphatic carbocycles. The van der Waals surface area contributed by atoms with Gasteiger partial charge in [-0.15, -0.1) is 0 Å². The number of carbonyl (C=O) groups is 2. The van der Waals surface area contributed by atoms with Crippen LogP contribution in [0.4, 0.5) is 0 Å². The number of hydrogen-bond donors (Lipinski definition) is 2. The third-order valence-electron chi connectivity index (χ3n) is 6.97. The molecular formula is C34H33Cl2NO6. The summed E-state index contributed by atoms with van der Waals surface area (Å²) < 4.78 is 13.3. The van der Waals surface area contributed by atoms with Gasteiger partial charge in [0.05, 0.1) is 10.5 Å². The Bertz CT molecular complexity index is 1660. The van der Waals surface area contributed by atoms with Crippen LogP contribution in [0.2, 0.25) is 0 Å². The van der Waals surface area contributed by atoms with Crippen molar-refractivity contribution in [3.63, 3.8) is 0 Å². The van der Waals surface area contributed by atoms with Gasteiger partial charge in [-0.05, 0) is 73.2 Å². The van der Waals surface area contributed by atoms with Gasteiger partial charge in [0, 0.05) is 17.5 Å². The SMILES string of the molecule is Cc1ccccc1OC(Cl)C=C(Cl)COc1ccc(C=Cc2cccc3c(CCCC(=O)O)c(C)n(CC(=O)O)c23)cc1. The van der Waals surface area contributed by atoms with Crippen LogP contribution in [0.25, 0.3) is 23.1 Å². The van der Waals surface area contributed by atoms with Crippen LogP contribution in [0, 0.1) is 13.8 Å². The largest absolute Gasteiger partial charge is 0.488 e. The number of rotatable bonds is 14. The maximum absolute atomic E-state index is 11.7. The van der Waals surface area contributed by atoms with Gasteiger partial charge in [-0.25, -0.2) is 0 Å². The zero-order valence-electron chi connectivity index (χ0n) is 23.9. The van der Waals surface area contributed by atoms with Crippen molar-refractivity contribution in [1.82, 2.24) is 4.57 Å². The third kappa shape index (κ3) is 8.66. The number of carboxylic acid groups (broad SMARTS) is 2. The molecule has 0 saturated heterocycles. The van der Waals surface area contributed by atoms with Gasteiger partial charge < -0.3 is 24.3 Å². The Morgan fingerprint density at radius 3 is 2.40 bits per heavy atom. The van der Waals surface area contributed by atoms with Crippen LogP contribution >= 0.6 is 23.2 Å². The van der Waals surface area contributed by atoms with Crippen LogP contribution in [-0.4, -0.2) is 38.9 Å². The third-order valence-corrected chi connectivity index (χ3v) is 7.42. The van der Waals surface area contributed by atoms with Crippen LogP contribution in [0.3, 0.4) is 0 Å². The fraction of sp³-hybridized carbons (Fsp3) is 0.235. The molecular weight excluding hydrogens is 589 g/mol. The van der Waals surface area contributed by atoms with Crippen LogP contribution in [0.15, 0.2) is 77.8 Å². The topological polar surface area (TPSA) is 98.0 Å². The quantitative estimate of drug-likeness (QED) is 0.109. The molecule has 0 aliphatic rings. The van der Waals surface area contributed by atoms with Gasteiger partial charge >= 0.3 is 11.9 Å². The minimum absolute atomic E-state index is 0.0580. The molecule has 7 nitrogen and oxygen atoms in total. The van der Waals surface area contributed by atoms with E-state index < -0.39 is 17.5 Å². The number of para-hydroxylation sites is 2. The predicted octanol–water partition coefficient (Wildman–Crippen LogP) is 8.07. The van der Waals surface area contributed by atoms with E-state index >= 15 is 0 Å². The van der Waals surface area contributed by atoms with E-state index in [-0.39, 0.29) is 19.6 Å². The van der Waals surface area contributed by atoms with E-state index in [1.54, 1.807) is 10.6 Å². The van der Waals surface area contributed by atoms with Crippen molar-refractivity contribution in [2.45, 2.75) is 45.2 Å². The smallest absolute Gasteiger partial charge is 0.323 e. The number of hydrogen-bond acceptors (Lipinski definition) is 4. The predicted molar refractivity (Wildman–Crippen MR) is 171 cm³/mol. The van der Waals surface area contributed by atoms with Crippen molar-refractivity contribution in [3.8, 4) is 11.5 Å². The summed E-state index contributed by atoms with van der Waals surface area (Å²) in [7, 11) is 0. The molecule has 3 aromatic carbocycles. The maximum atomic E-state index is 11.7. The number of aryl methyl sites for hydroxylation is 2. The molecule has 0 amide bonds. The highest BCUT2D eigenvalue weighted by atomic mass is 35.5. The molecule has 224 valence electrons. The standard InChI is InChI=1S/C34H33Cl2NO6/c1-22-7-3-4-11-30(22)43-31(36)19-26(35)21-42-27-17-14-24(15-18-27)13-16-25-8-5-10-29-28(9-6-12-32(38)39)23(2)37(34(25)29)20-33(40)41/h3-5,7-8,10-11,13-19,31H,6,9,12,20-21H2,1-2H3,(H,38,39)(H,40,41). The number of halogens is 2. The number of alkyl halides is 1. The van der Waals surface area contributed by atoms with Gasteiger partial charge in [-0.2, -0.15) is 0 Å². The monoisotopic (exact) mass is 621 g/mol. The zero-order valence-corrected chi connectivity index (χ0v) is 25.4. The Morgan fingerprint density at radius 2 is 1.70 bits per heavy atom. The molecule has 1 atom stereocenters. The Morgan fingerprint density at radius 1 is 0.953 bits per heavy atom. The highest BCUT2D eigenvalue weighted by Gasteiger charge is 2.18. The first-order valence-corrected chi connectivity index (χ1v) is 14.6. The summed E-state index contributed by atoms with van der Waals surface area (Å²) in [5.74, 6) is -0.472. The molecule has 0 fully saturated rings. The van der Waals surface area contributed by atoms with Crippen molar-refractivity contribution in [2.24, 2.45) is 0 Å². The lowest BCUT2D eigenvalue weighted by atomic mass is 10.0. The average Bonchev–Trinajstić information content (AvgIpc) is 3.22. The summed E-state index contributed by atoms with van der Waals surface area (Å²) in [5.41, 5.74) is 4.65. The summed E-state index contributed by atoms with van der Waals surface area (Å²) >= 11 is 12.6. The van der Waals surface area contributed by atoms with E-state index in [0.717, 1.165) is 38.9 Å². The van der Waals surface area contributed by atoms with Crippen molar-refractivity contribution < 1.29 is 29.3 Å². The highest BCUT2D eigenvalue weighted by Crippen LogP contribution is 2.31. The number of aliphatic carboxylic acids is 2. The lowest BCUT2D eigenvalue weighted by Crippen LogP contribution is -2.10. The van der Waals surface area contributed by atoms with Crippen LogP contribution in [-0.2, 0) is 22.6 Å². The maximum Gasteiger partial charge on any atom is 0.323 e. The second-order valence-corrected chi connectivity index (χ2v) is 11.0. The Hall–Kier alpha value is -4.20. The molecule has 43 heavy (non-hydrogen) atoms. The Labute approximate surface area is 260 Å². The second kappa shape index (κ2) is 14.8. The lowest BCUT2D eigenvalue weighted by molar-refractivity contribution is -0.138. The zero-order chi connectivity index (χ0) is 30.9. The van der Waals surface area contributed by atoms with Crippen molar-refractivity contribution >= 4 is 58.2 Å². The molecule has 0 radical (unpaired) electrons. The highest BCUT2D eigenvalue weighted by molar-refractivity contribution is 6.30. The molecule has 0 spiro atoms. The number of aromatic nitrogens is 1. The summed E-state index contributed by atoms with van der Waals surface area (Å²) in [6, 6.07) is 20.9. The Kier molecular flexibility index (Phi) is 10.9. The van der Waals surface area contributed by atoms with Crippen molar-refractivity contribution in [2.75, 3.05) is 6.61 Å². The molecule has 1 heterocycles. The molecule has 9 heteroatoms. The molecule has 0 aliphatic heterocycles. The molecule has 4 aromatic rings. The van der Waals surface area contributed by atoms with Crippen LogP contribution in [0.5, 0.6) is 11.5 Å². The van der Waals surface area contributed by atoms with E-state index in [4.69, 9.17) is 37.8 Å². The van der Waals surface area contributed by atoms with Gasteiger partial charge in [0.25, 0.3) is 0 Å². The molecule has 0 saturated carbocycles. The lowest BCUT2D eigenvalue weighted by Gasteiger charge is -2.12. The fourth-order valence-electron chi connectivity index (χ4n) is 4.88. The van der Waals surface area contributed by atoms with Crippen LogP contribution in [0.1, 0.15) is 40.8 Å². The van der Waals surface area contributed by atoms with Gasteiger partial charge in [-0.1, -0.05) is 83.9 Å². The summed E-state index contributed by atoms with van der Waals surface area (Å²) in [6.07, 6.45) is 6.58. The van der Waals surface area contributed by atoms with E-state index in [9.17, 15) is 14.7 Å². The average molecular weight is 623 g/mol. The normalized spacial score (nSPS) is 12.5. The summed E-state index contributed by atoms with van der Waals surface area (Å²) in [6.45, 7) is 3.77. The number of benzene rings is 3. The van der Waals surface area contributed by atoms with E-state index in [1.807, 2.05) is 92.7 Å². The fourth-order valence-corrected chi connectivity index (χ4v) is 5.36. The second-order valence-electron chi connectivity index (χ2n) is 10.1. The molecule has 1 unspecified atom stereocenters. The summed E-state index contributed by atoms with van der Waals surface area (Å²) in [5, 5.41) is 20.0. The van der Waals surface area contributed by atoms with E-state index in [1.165, 1.54) is 0 Å². The van der Waals surface area contributed by atoms with Gasteiger partial charge in [0.2, 0.25) is 0 Å². The number of fused-ring (bicyclic) bond motifs is 1. The first-order chi connectivity index (χ1) is 20.6. The van der Waals surface area contributed by atoms with E-state index in [2.05, 4.69) is 0 Å². The summed E-state index contributed by atoms with van der Waals surface area (Å²) in [4.78, 5) is 22.7. The first kappa shape index (κ1) is 31.7. The molecule has 0 bridgehead atoms. The Balaban J connectivity index is 1.45. The number of nitrogens with zero attached hydrogens (tertiary/aromatic N) is 1. The van der Waals surface area contributed by atoms with Crippen molar-refractivity contribution in [1.29, 1.82) is 0 Å². The molecule has 1 aromatic heterocycles. The molecule has 2 N–H and O–H groups in total. The van der Waals surface area contributed by atoms with Crippen LogP contribution < -0.4 is 9.47 Å².